The van der Waals surface area contributed by atoms with Gasteiger partial charge in [0.1, 0.15) is 5.75 Å². The van der Waals surface area contributed by atoms with Crippen LogP contribution in [-0.4, -0.2) is 30.6 Å². The van der Waals surface area contributed by atoms with Gasteiger partial charge in [0.15, 0.2) is 0 Å². The number of amides is 1. The summed E-state index contributed by atoms with van der Waals surface area (Å²) in [7, 11) is 0. The van der Waals surface area contributed by atoms with Crippen molar-refractivity contribution < 1.29 is 9.53 Å². The first-order valence-corrected chi connectivity index (χ1v) is 9.40. The summed E-state index contributed by atoms with van der Waals surface area (Å²) in [6, 6.07) is 11.9. The van der Waals surface area contributed by atoms with Crippen LogP contribution in [0.4, 0.5) is 5.69 Å². The summed E-state index contributed by atoms with van der Waals surface area (Å²) in [5.41, 5.74) is 2.23. The molecular formula is C21H27N3O2. The lowest BCUT2D eigenvalue weighted by atomic mass is 9.96. The van der Waals surface area contributed by atoms with Gasteiger partial charge in [-0.3, -0.25) is 9.78 Å². The molecule has 1 unspecified atom stereocenters. The molecule has 138 valence electrons. The van der Waals surface area contributed by atoms with Crippen LogP contribution in [0.3, 0.4) is 0 Å². The van der Waals surface area contributed by atoms with Gasteiger partial charge in [0.05, 0.1) is 12.5 Å². The molecular weight excluding hydrogens is 326 g/mol. The summed E-state index contributed by atoms with van der Waals surface area (Å²) >= 11 is 0. The number of nitrogens with zero attached hydrogens (tertiary/aromatic N) is 2. The molecule has 0 bridgehead atoms. The van der Waals surface area contributed by atoms with E-state index in [1.807, 2.05) is 36.4 Å². The molecule has 1 fully saturated rings. The Kier molecular flexibility index (Phi) is 6.47. The maximum atomic E-state index is 12.6. The number of aromatic nitrogens is 1. The number of carbonyl (C=O) groups excluding carboxylic acids is 1. The number of rotatable bonds is 7. The molecule has 1 aromatic heterocycles. The Hall–Kier alpha value is -2.56. The smallest absolute Gasteiger partial charge is 0.225 e. The van der Waals surface area contributed by atoms with E-state index in [1.165, 1.54) is 0 Å². The van der Waals surface area contributed by atoms with Crippen molar-refractivity contribution in [2.45, 2.75) is 32.7 Å². The summed E-state index contributed by atoms with van der Waals surface area (Å²) < 4.78 is 5.59. The summed E-state index contributed by atoms with van der Waals surface area (Å²) in [4.78, 5) is 18.9. The van der Waals surface area contributed by atoms with Crippen molar-refractivity contribution in [3.63, 3.8) is 0 Å². The Morgan fingerprint density at radius 3 is 2.73 bits per heavy atom. The van der Waals surface area contributed by atoms with Crippen molar-refractivity contribution in [3.05, 3.63) is 54.4 Å². The van der Waals surface area contributed by atoms with Crippen molar-refractivity contribution in [2.75, 3.05) is 24.6 Å². The molecule has 1 amide bonds. The van der Waals surface area contributed by atoms with Crippen LogP contribution in [0, 0.1) is 5.92 Å². The van der Waals surface area contributed by atoms with Gasteiger partial charge in [-0.1, -0.05) is 19.1 Å². The number of pyridine rings is 1. The molecule has 2 aromatic rings. The highest BCUT2D eigenvalue weighted by Gasteiger charge is 2.25. The number of benzene rings is 1. The summed E-state index contributed by atoms with van der Waals surface area (Å²) in [6.07, 6.45) is 6.57. The van der Waals surface area contributed by atoms with E-state index in [1.54, 1.807) is 12.4 Å². The molecule has 3 rings (SSSR count). The predicted molar refractivity (Wildman–Crippen MR) is 103 cm³/mol. The van der Waals surface area contributed by atoms with Gasteiger partial charge in [0.2, 0.25) is 5.91 Å². The number of carbonyl (C=O) groups is 1. The SMILES string of the molecule is CCCOc1ccc(CNC(=O)C2CCCN(c3ccncc3)C2)cc1. The highest BCUT2D eigenvalue weighted by atomic mass is 16.5. The molecule has 1 aliphatic heterocycles. The van der Waals surface area contributed by atoms with Gasteiger partial charge in [-0.05, 0) is 49.1 Å². The molecule has 5 heteroatoms. The van der Waals surface area contributed by atoms with Gasteiger partial charge in [-0.2, -0.15) is 0 Å². The van der Waals surface area contributed by atoms with E-state index in [9.17, 15) is 4.79 Å². The first-order chi connectivity index (χ1) is 12.8. The number of ether oxygens (including phenoxy) is 1. The molecule has 1 aliphatic rings. The standard InChI is InChI=1S/C21H27N3O2/c1-2-14-26-20-7-5-17(6-8-20)15-23-21(25)18-4-3-13-24(16-18)19-9-11-22-12-10-19/h5-12,18H,2-4,13-16H2,1H3,(H,23,25). The Morgan fingerprint density at radius 2 is 2.00 bits per heavy atom. The zero-order chi connectivity index (χ0) is 18.2. The maximum absolute atomic E-state index is 12.6. The molecule has 1 saturated heterocycles. The molecule has 0 aliphatic carbocycles. The minimum atomic E-state index is 0.0316. The lowest BCUT2D eigenvalue weighted by molar-refractivity contribution is -0.125. The number of anilines is 1. The fourth-order valence-electron chi connectivity index (χ4n) is 3.24. The lowest BCUT2D eigenvalue weighted by Crippen LogP contribution is -2.43. The lowest BCUT2D eigenvalue weighted by Gasteiger charge is -2.33. The Bertz CT molecular complexity index is 688. The van der Waals surface area contributed by atoms with Gasteiger partial charge in [-0.15, -0.1) is 0 Å². The number of hydrogen-bond donors (Lipinski definition) is 1. The van der Waals surface area contributed by atoms with Crippen LogP contribution in [0.25, 0.3) is 0 Å². The normalized spacial score (nSPS) is 17.0. The average molecular weight is 353 g/mol. The summed E-state index contributed by atoms with van der Waals surface area (Å²) in [5.74, 6) is 1.04. The summed E-state index contributed by atoms with van der Waals surface area (Å²) in [5, 5.41) is 3.08. The zero-order valence-corrected chi connectivity index (χ0v) is 15.4. The van der Waals surface area contributed by atoms with E-state index in [-0.39, 0.29) is 11.8 Å². The maximum Gasteiger partial charge on any atom is 0.225 e. The molecule has 5 nitrogen and oxygen atoms in total. The molecule has 1 aromatic carbocycles. The topological polar surface area (TPSA) is 54.5 Å². The van der Waals surface area contributed by atoms with Crippen LogP contribution < -0.4 is 15.0 Å². The molecule has 1 atom stereocenters. The van der Waals surface area contributed by atoms with Gasteiger partial charge in [-0.25, -0.2) is 0 Å². The van der Waals surface area contributed by atoms with Crippen LogP contribution in [0.15, 0.2) is 48.8 Å². The van der Waals surface area contributed by atoms with E-state index in [4.69, 9.17) is 4.74 Å². The van der Waals surface area contributed by atoms with E-state index >= 15 is 0 Å². The van der Waals surface area contributed by atoms with Crippen LogP contribution in [-0.2, 0) is 11.3 Å². The zero-order valence-electron chi connectivity index (χ0n) is 15.4. The Labute approximate surface area is 155 Å². The number of nitrogens with one attached hydrogen (secondary N) is 1. The number of hydrogen-bond acceptors (Lipinski definition) is 4. The number of piperidine rings is 1. The average Bonchev–Trinajstić information content (AvgIpc) is 2.72. The van der Waals surface area contributed by atoms with E-state index in [0.717, 1.165) is 56.0 Å². The van der Waals surface area contributed by atoms with Crippen LogP contribution in [0.5, 0.6) is 5.75 Å². The first kappa shape index (κ1) is 18.2. The van der Waals surface area contributed by atoms with Crippen molar-refractivity contribution in [3.8, 4) is 5.75 Å². The van der Waals surface area contributed by atoms with Crippen molar-refractivity contribution in [1.82, 2.24) is 10.3 Å². The van der Waals surface area contributed by atoms with Gasteiger partial charge < -0.3 is 15.0 Å². The molecule has 0 saturated carbocycles. The third kappa shape index (κ3) is 4.97. The van der Waals surface area contributed by atoms with E-state index in [0.29, 0.717) is 6.54 Å². The molecule has 0 radical (unpaired) electrons. The van der Waals surface area contributed by atoms with Crippen LogP contribution in [0.2, 0.25) is 0 Å². The second kappa shape index (κ2) is 9.22. The molecule has 1 N–H and O–H groups in total. The minimum Gasteiger partial charge on any atom is -0.494 e. The van der Waals surface area contributed by atoms with Crippen molar-refractivity contribution in [1.29, 1.82) is 0 Å². The Balaban J connectivity index is 1.50. The quantitative estimate of drug-likeness (QED) is 0.829. The largest absolute Gasteiger partial charge is 0.494 e. The third-order valence-corrected chi connectivity index (χ3v) is 4.68. The second-order valence-corrected chi connectivity index (χ2v) is 6.70. The van der Waals surface area contributed by atoms with E-state index in [2.05, 4.69) is 22.1 Å². The van der Waals surface area contributed by atoms with Gasteiger partial charge in [0, 0.05) is 37.7 Å². The molecule has 2 heterocycles. The summed E-state index contributed by atoms with van der Waals surface area (Å²) in [6.45, 7) is 5.13. The fraction of sp³-hybridized carbons (Fsp3) is 0.429. The highest BCUT2D eigenvalue weighted by molar-refractivity contribution is 5.79. The molecule has 0 spiro atoms. The van der Waals surface area contributed by atoms with Crippen LogP contribution in [0.1, 0.15) is 31.7 Å². The van der Waals surface area contributed by atoms with Gasteiger partial charge in [0.25, 0.3) is 0 Å². The minimum absolute atomic E-state index is 0.0316. The predicted octanol–water partition coefficient (Wildman–Crippen LogP) is 3.40. The highest BCUT2D eigenvalue weighted by Crippen LogP contribution is 2.22. The Morgan fingerprint density at radius 1 is 1.23 bits per heavy atom. The fourth-order valence-corrected chi connectivity index (χ4v) is 3.24. The van der Waals surface area contributed by atoms with Gasteiger partial charge >= 0.3 is 0 Å². The van der Waals surface area contributed by atoms with E-state index < -0.39 is 0 Å². The van der Waals surface area contributed by atoms with Crippen LogP contribution >= 0.6 is 0 Å². The third-order valence-electron chi connectivity index (χ3n) is 4.68. The first-order valence-electron chi connectivity index (χ1n) is 9.40. The monoisotopic (exact) mass is 353 g/mol. The van der Waals surface area contributed by atoms with Crippen molar-refractivity contribution >= 4 is 11.6 Å². The molecule has 26 heavy (non-hydrogen) atoms. The second-order valence-electron chi connectivity index (χ2n) is 6.70. The van der Waals surface area contributed by atoms with Crippen molar-refractivity contribution in [2.24, 2.45) is 5.92 Å².